The van der Waals surface area contributed by atoms with Gasteiger partial charge in [0, 0.05) is 18.8 Å². The Morgan fingerprint density at radius 2 is 1.83 bits per heavy atom. The smallest absolute Gasteiger partial charge is 0.123 e. The standard InChI is InChI=1S/C20H19FN2/c1-15-12-20(23-10-2-3-11-23)9-6-17(15)13-18(14-22)16-4-7-19(21)8-5-16/h4-9,12-13H,2-3,10-11H2,1H3. The molecule has 1 heterocycles. The van der Waals surface area contributed by atoms with Crippen molar-refractivity contribution in [3.63, 3.8) is 0 Å². The summed E-state index contributed by atoms with van der Waals surface area (Å²) in [4.78, 5) is 2.39. The molecule has 3 heteroatoms. The van der Waals surface area contributed by atoms with Gasteiger partial charge in [-0.1, -0.05) is 18.2 Å². The molecule has 1 saturated heterocycles. The van der Waals surface area contributed by atoms with E-state index in [-0.39, 0.29) is 5.82 Å². The van der Waals surface area contributed by atoms with Crippen LogP contribution in [-0.4, -0.2) is 13.1 Å². The lowest BCUT2D eigenvalue weighted by atomic mass is 10.0. The largest absolute Gasteiger partial charge is 0.372 e. The van der Waals surface area contributed by atoms with E-state index >= 15 is 0 Å². The Bertz CT molecular complexity index is 763. The predicted octanol–water partition coefficient (Wildman–Crippen LogP) is 4.80. The lowest BCUT2D eigenvalue weighted by Crippen LogP contribution is -2.17. The summed E-state index contributed by atoms with van der Waals surface area (Å²) in [5.41, 5.74) is 4.69. The Morgan fingerprint density at radius 3 is 2.43 bits per heavy atom. The number of nitrogens with zero attached hydrogens (tertiary/aromatic N) is 2. The topological polar surface area (TPSA) is 27.0 Å². The SMILES string of the molecule is Cc1cc(N2CCCC2)ccc1C=C(C#N)c1ccc(F)cc1. The number of benzene rings is 2. The molecule has 0 aliphatic carbocycles. The molecule has 0 spiro atoms. The maximum absolute atomic E-state index is 13.0. The molecule has 0 saturated carbocycles. The van der Waals surface area contributed by atoms with Crippen LogP contribution in [0.4, 0.5) is 10.1 Å². The van der Waals surface area contributed by atoms with Gasteiger partial charge in [0.2, 0.25) is 0 Å². The summed E-state index contributed by atoms with van der Waals surface area (Å²) in [7, 11) is 0. The zero-order valence-corrected chi connectivity index (χ0v) is 13.2. The molecule has 2 aromatic rings. The van der Waals surface area contributed by atoms with Gasteiger partial charge in [-0.3, -0.25) is 0 Å². The number of rotatable bonds is 3. The van der Waals surface area contributed by atoms with Crippen LogP contribution in [0.2, 0.25) is 0 Å². The summed E-state index contributed by atoms with van der Waals surface area (Å²) in [5, 5.41) is 9.41. The third-order valence-corrected chi connectivity index (χ3v) is 4.30. The van der Waals surface area contributed by atoms with Gasteiger partial charge in [-0.05, 0) is 66.8 Å². The highest BCUT2D eigenvalue weighted by molar-refractivity contribution is 5.90. The van der Waals surface area contributed by atoms with Crippen molar-refractivity contribution in [2.75, 3.05) is 18.0 Å². The molecule has 3 rings (SSSR count). The van der Waals surface area contributed by atoms with E-state index in [1.54, 1.807) is 12.1 Å². The second kappa shape index (κ2) is 6.66. The highest BCUT2D eigenvalue weighted by Gasteiger charge is 2.13. The van der Waals surface area contributed by atoms with E-state index in [2.05, 4.69) is 36.1 Å². The van der Waals surface area contributed by atoms with Gasteiger partial charge in [-0.15, -0.1) is 0 Å². The third-order valence-electron chi connectivity index (χ3n) is 4.30. The van der Waals surface area contributed by atoms with Gasteiger partial charge >= 0.3 is 0 Å². The van der Waals surface area contributed by atoms with Crippen molar-refractivity contribution in [1.29, 1.82) is 5.26 Å². The van der Waals surface area contributed by atoms with Gasteiger partial charge < -0.3 is 4.90 Å². The molecule has 0 atom stereocenters. The van der Waals surface area contributed by atoms with E-state index in [4.69, 9.17) is 0 Å². The highest BCUT2D eigenvalue weighted by atomic mass is 19.1. The van der Waals surface area contributed by atoms with Crippen LogP contribution in [-0.2, 0) is 0 Å². The van der Waals surface area contributed by atoms with Gasteiger partial charge in [0.15, 0.2) is 0 Å². The van der Waals surface area contributed by atoms with Crippen LogP contribution >= 0.6 is 0 Å². The van der Waals surface area contributed by atoms with Crippen LogP contribution in [0, 0.1) is 24.1 Å². The molecule has 0 unspecified atom stereocenters. The van der Waals surface area contributed by atoms with Gasteiger partial charge in [0.1, 0.15) is 5.82 Å². The van der Waals surface area contributed by atoms with Crippen molar-refractivity contribution in [3.05, 3.63) is 65.0 Å². The van der Waals surface area contributed by atoms with Gasteiger partial charge in [0.05, 0.1) is 11.6 Å². The van der Waals surface area contributed by atoms with Crippen molar-refractivity contribution in [2.24, 2.45) is 0 Å². The van der Waals surface area contributed by atoms with E-state index < -0.39 is 0 Å². The molecule has 0 bridgehead atoms. The van der Waals surface area contributed by atoms with Crippen molar-refractivity contribution in [3.8, 4) is 6.07 Å². The summed E-state index contributed by atoms with van der Waals surface area (Å²) in [6, 6.07) is 14.6. The highest BCUT2D eigenvalue weighted by Crippen LogP contribution is 2.26. The van der Waals surface area contributed by atoms with Gasteiger partial charge in [0.25, 0.3) is 0 Å². The normalized spacial score (nSPS) is 14.8. The first-order valence-electron chi connectivity index (χ1n) is 7.91. The lowest BCUT2D eigenvalue weighted by molar-refractivity contribution is 0.627. The molecule has 23 heavy (non-hydrogen) atoms. The molecule has 2 aromatic carbocycles. The summed E-state index contributed by atoms with van der Waals surface area (Å²) >= 11 is 0. The number of nitriles is 1. The van der Waals surface area contributed by atoms with Gasteiger partial charge in [-0.25, -0.2) is 4.39 Å². The number of aryl methyl sites for hydroxylation is 1. The zero-order chi connectivity index (χ0) is 16.2. The first kappa shape index (κ1) is 15.3. The van der Waals surface area contributed by atoms with E-state index in [1.807, 2.05) is 6.08 Å². The summed E-state index contributed by atoms with van der Waals surface area (Å²) in [5.74, 6) is -0.294. The summed E-state index contributed by atoms with van der Waals surface area (Å²) in [6.07, 6.45) is 4.38. The Hall–Kier alpha value is -2.60. The molecular formula is C20H19FN2. The Morgan fingerprint density at radius 1 is 1.13 bits per heavy atom. The van der Waals surface area contributed by atoms with Crippen LogP contribution in [0.3, 0.4) is 0 Å². The third kappa shape index (κ3) is 3.43. The number of halogens is 1. The summed E-state index contributed by atoms with van der Waals surface area (Å²) in [6.45, 7) is 4.30. The summed E-state index contributed by atoms with van der Waals surface area (Å²) < 4.78 is 13.0. The number of anilines is 1. The molecule has 0 N–H and O–H groups in total. The van der Waals surface area contributed by atoms with Crippen LogP contribution < -0.4 is 4.90 Å². The van der Waals surface area contributed by atoms with Crippen molar-refractivity contribution in [2.45, 2.75) is 19.8 Å². The quantitative estimate of drug-likeness (QED) is 0.601. The fraction of sp³-hybridized carbons (Fsp3) is 0.250. The molecule has 1 fully saturated rings. The van der Waals surface area contributed by atoms with Crippen molar-refractivity contribution >= 4 is 17.3 Å². The maximum Gasteiger partial charge on any atom is 0.123 e. The van der Waals surface area contributed by atoms with E-state index in [0.29, 0.717) is 5.57 Å². The Kier molecular flexibility index (Phi) is 4.43. The van der Waals surface area contributed by atoms with E-state index in [9.17, 15) is 9.65 Å². The first-order valence-corrected chi connectivity index (χ1v) is 7.91. The molecule has 1 aliphatic rings. The fourth-order valence-electron chi connectivity index (χ4n) is 2.96. The molecule has 2 nitrogen and oxygen atoms in total. The van der Waals surface area contributed by atoms with Crippen LogP contribution in [0.1, 0.15) is 29.5 Å². The Balaban J connectivity index is 1.91. The average Bonchev–Trinajstić information content (AvgIpc) is 3.09. The Labute approximate surface area is 136 Å². The van der Waals surface area contributed by atoms with Gasteiger partial charge in [-0.2, -0.15) is 5.26 Å². The second-order valence-corrected chi connectivity index (χ2v) is 5.91. The predicted molar refractivity (Wildman–Crippen MR) is 92.5 cm³/mol. The minimum Gasteiger partial charge on any atom is -0.372 e. The average molecular weight is 306 g/mol. The second-order valence-electron chi connectivity index (χ2n) is 5.91. The van der Waals surface area contributed by atoms with Crippen LogP contribution in [0.25, 0.3) is 11.6 Å². The maximum atomic E-state index is 13.0. The number of hydrogen-bond acceptors (Lipinski definition) is 2. The first-order chi connectivity index (χ1) is 11.2. The lowest BCUT2D eigenvalue weighted by Gasteiger charge is -2.18. The molecule has 0 radical (unpaired) electrons. The fourth-order valence-corrected chi connectivity index (χ4v) is 2.96. The molecule has 116 valence electrons. The minimum atomic E-state index is -0.294. The van der Waals surface area contributed by atoms with Crippen molar-refractivity contribution in [1.82, 2.24) is 0 Å². The zero-order valence-electron chi connectivity index (χ0n) is 13.2. The molecule has 0 amide bonds. The monoisotopic (exact) mass is 306 g/mol. The molecular weight excluding hydrogens is 287 g/mol. The van der Waals surface area contributed by atoms with E-state index in [0.717, 1.165) is 29.8 Å². The minimum absolute atomic E-state index is 0.294. The molecule has 0 aromatic heterocycles. The number of allylic oxidation sites excluding steroid dienone is 1. The van der Waals surface area contributed by atoms with E-state index in [1.165, 1.54) is 30.7 Å². The number of hydrogen-bond donors (Lipinski definition) is 0. The van der Waals surface area contributed by atoms with Crippen molar-refractivity contribution < 1.29 is 4.39 Å². The van der Waals surface area contributed by atoms with Crippen LogP contribution in [0.15, 0.2) is 42.5 Å². The molecule has 1 aliphatic heterocycles. The van der Waals surface area contributed by atoms with Crippen LogP contribution in [0.5, 0.6) is 0 Å².